The van der Waals surface area contributed by atoms with E-state index >= 15 is 0 Å². The molecule has 106 valence electrons. The molecule has 1 fully saturated rings. The first kappa shape index (κ1) is 14.3. The smallest absolute Gasteiger partial charge is 0.225 e. The van der Waals surface area contributed by atoms with Gasteiger partial charge >= 0.3 is 0 Å². The molecule has 0 amide bonds. The van der Waals surface area contributed by atoms with Gasteiger partial charge in [-0.15, -0.1) is 0 Å². The van der Waals surface area contributed by atoms with Gasteiger partial charge in [-0.05, 0) is 38.1 Å². The zero-order valence-electron chi connectivity index (χ0n) is 12.4. The highest BCUT2D eigenvalue weighted by molar-refractivity contribution is 5.30. The summed E-state index contributed by atoms with van der Waals surface area (Å²) < 4.78 is 0. The highest BCUT2D eigenvalue weighted by Crippen LogP contribution is 2.27. The number of nitrogens with one attached hydrogen (secondary N) is 1. The molecule has 1 aliphatic carbocycles. The normalized spacial score (nSPS) is 23.3. The molecule has 19 heavy (non-hydrogen) atoms. The van der Waals surface area contributed by atoms with E-state index in [1.54, 1.807) is 0 Å². The van der Waals surface area contributed by atoms with Crippen molar-refractivity contribution < 1.29 is 0 Å². The number of nitrogens with zero attached hydrogens (tertiary/aromatic N) is 3. The molecule has 1 aromatic heterocycles. The molecular weight excluding hydrogens is 236 g/mol. The monoisotopic (exact) mass is 262 g/mol. The fourth-order valence-corrected chi connectivity index (χ4v) is 2.68. The van der Waals surface area contributed by atoms with E-state index in [0.29, 0.717) is 6.04 Å². The van der Waals surface area contributed by atoms with Gasteiger partial charge in [0.25, 0.3) is 0 Å². The van der Waals surface area contributed by atoms with Crippen LogP contribution in [0.2, 0.25) is 0 Å². The third-order valence-electron chi connectivity index (χ3n) is 4.12. The lowest BCUT2D eigenvalue weighted by Crippen LogP contribution is -2.35. The molecular formula is C15H26N4. The van der Waals surface area contributed by atoms with Crippen LogP contribution >= 0.6 is 0 Å². The van der Waals surface area contributed by atoms with E-state index in [-0.39, 0.29) is 0 Å². The van der Waals surface area contributed by atoms with E-state index in [9.17, 15) is 0 Å². The van der Waals surface area contributed by atoms with Gasteiger partial charge in [0, 0.05) is 37.6 Å². The topological polar surface area (TPSA) is 41.1 Å². The molecule has 1 heterocycles. The van der Waals surface area contributed by atoms with Crippen molar-refractivity contribution in [1.82, 2.24) is 15.3 Å². The quantitative estimate of drug-likeness (QED) is 0.885. The molecule has 4 nitrogen and oxygen atoms in total. The summed E-state index contributed by atoms with van der Waals surface area (Å²) in [5.74, 6) is 1.74. The Bertz CT molecular complexity index is 368. The Kier molecular flexibility index (Phi) is 5.14. The van der Waals surface area contributed by atoms with Crippen LogP contribution < -0.4 is 10.2 Å². The average Bonchev–Trinajstić information content (AvgIpc) is 2.46. The second kappa shape index (κ2) is 6.85. The fraction of sp³-hybridized carbons (Fsp3) is 0.733. The molecule has 1 aliphatic rings. The van der Waals surface area contributed by atoms with Crippen LogP contribution in [0.5, 0.6) is 0 Å². The SMILES string of the molecule is CCNCc1cnc(N(C)C2CCC(C)CC2)nc1. The van der Waals surface area contributed by atoms with E-state index in [2.05, 4.69) is 41.1 Å². The molecule has 0 spiro atoms. The Hall–Kier alpha value is -1.16. The minimum atomic E-state index is 0.607. The summed E-state index contributed by atoms with van der Waals surface area (Å²) in [6, 6.07) is 0.607. The average molecular weight is 262 g/mol. The standard InChI is InChI=1S/C15H26N4/c1-4-16-9-13-10-17-15(18-11-13)19(3)14-7-5-12(2)6-8-14/h10-12,14,16H,4-9H2,1-3H3. The van der Waals surface area contributed by atoms with Crippen LogP contribution in [0.25, 0.3) is 0 Å². The van der Waals surface area contributed by atoms with Crippen LogP contribution in [0.4, 0.5) is 5.95 Å². The number of hydrogen-bond donors (Lipinski definition) is 1. The molecule has 0 aliphatic heterocycles. The minimum absolute atomic E-state index is 0.607. The Morgan fingerprint density at radius 2 is 1.84 bits per heavy atom. The first-order chi connectivity index (χ1) is 9.20. The lowest BCUT2D eigenvalue weighted by atomic mass is 9.87. The number of rotatable bonds is 5. The summed E-state index contributed by atoms with van der Waals surface area (Å²) in [5.41, 5.74) is 1.15. The number of aromatic nitrogens is 2. The van der Waals surface area contributed by atoms with E-state index in [4.69, 9.17) is 0 Å². The molecule has 0 bridgehead atoms. The van der Waals surface area contributed by atoms with Gasteiger partial charge in [0.1, 0.15) is 0 Å². The molecule has 4 heteroatoms. The predicted octanol–water partition coefficient (Wildman–Crippen LogP) is 2.60. The van der Waals surface area contributed by atoms with Crippen molar-refractivity contribution in [3.63, 3.8) is 0 Å². The van der Waals surface area contributed by atoms with Gasteiger partial charge in [-0.1, -0.05) is 13.8 Å². The van der Waals surface area contributed by atoms with Crippen LogP contribution in [0.15, 0.2) is 12.4 Å². The van der Waals surface area contributed by atoms with Gasteiger partial charge in [0.15, 0.2) is 0 Å². The fourth-order valence-electron chi connectivity index (χ4n) is 2.68. The maximum Gasteiger partial charge on any atom is 0.225 e. The number of hydrogen-bond acceptors (Lipinski definition) is 4. The number of anilines is 1. The summed E-state index contributed by atoms with van der Waals surface area (Å²) >= 11 is 0. The van der Waals surface area contributed by atoms with Crippen molar-refractivity contribution in [3.8, 4) is 0 Å². The van der Waals surface area contributed by atoms with Crippen molar-refractivity contribution in [2.75, 3.05) is 18.5 Å². The predicted molar refractivity (Wildman–Crippen MR) is 79.2 cm³/mol. The molecule has 1 saturated carbocycles. The van der Waals surface area contributed by atoms with Crippen molar-refractivity contribution >= 4 is 5.95 Å². The molecule has 0 atom stereocenters. The Balaban J connectivity index is 1.93. The van der Waals surface area contributed by atoms with Crippen molar-refractivity contribution in [3.05, 3.63) is 18.0 Å². The minimum Gasteiger partial charge on any atom is -0.341 e. The molecule has 0 saturated heterocycles. The Morgan fingerprint density at radius 3 is 2.42 bits per heavy atom. The second-order valence-electron chi connectivity index (χ2n) is 5.70. The maximum atomic E-state index is 4.50. The third kappa shape index (κ3) is 3.90. The summed E-state index contributed by atoms with van der Waals surface area (Å²) in [7, 11) is 2.12. The lowest BCUT2D eigenvalue weighted by molar-refractivity contribution is 0.339. The van der Waals surface area contributed by atoms with Crippen LogP contribution in [0.1, 0.15) is 45.1 Å². The molecule has 0 aromatic carbocycles. The third-order valence-corrected chi connectivity index (χ3v) is 4.12. The van der Waals surface area contributed by atoms with Crippen LogP contribution in [0.3, 0.4) is 0 Å². The largest absolute Gasteiger partial charge is 0.341 e. The van der Waals surface area contributed by atoms with E-state index in [1.807, 2.05) is 12.4 Å². The van der Waals surface area contributed by atoms with Gasteiger partial charge in [-0.3, -0.25) is 0 Å². The maximum absolute atomic E-state index is 4.50. The first-order valence-corrected chi connectivity index (χ1v) is 7.45. The van der Waals surface area contributed by atoms with E-state index < -0.39 is 0 Å². The van der Waals surface area contributed by atoms with Crippen LogP contribution in [-0.2, 0) is 6.54 Å². The van der Waals surface area contributed by atoms with Gasteiger partial charge < -0.3 is 10.2 Å². The van der Waals surface area contributed by atoms with Crippen molar-refractivity contribution in [2.45, 2.75) is 52.1 Å². The van der Waals surface area contributed by atoms with Gasteiger partial charge in [0.05, 0.1) is 0 Å². The van der Waals surface area contributed by atoms with Gasteiger partial charge in [-0.25, -0.2) is 9.97 Å². The van der Waals surface area contributed by atoms with E-state index in [0.717, 1.165) is 30.5 Å². The molecule has 1 N–H and O–H groups in total. The van der Waals surface area contributed by atoms with E-state index in [1.165, 1.54) is 25.7 Å². The Morgan fingerprint density at radius 1 is 1.21 bits per heavy atom. The lowest BCUT2D eigenvalue weighted by Gasteiger charge is -2.33. The summed E-state index contributed by atoms with van der Waals surface area (Å²) in [6.45, 7) is 6.28. The first-order valence-electron chi connectivity index (χ1n) is 7.45. The molecule has 0 unspecified atom stereocenters. The summed E-state index contributed by atoms with van der Waals surface area (Å²) in [5, 5.41) is 3.29. The zero-order chi connectivity index (χ0) is 13.7. The Labute approximate surface area is 116 Å². The van der Waals surface area contributed by atoms with Gasteiger partial charge in [0.2, 0.25) is 5.95 Å². The zero-order valence-corrected chi connectivity index (χ0v) is 12.4. The summed E-state index contributed by atoms with van der Waals surface area (Å²) in [6.07, 6.45) is 9.06. The van der Waals surface area contributed by atoms with Crippen molar-refractivity contribution in [2.24, 2.45) is 5.92 Å². The van der Waals surface area contributed by atoms with Crippen LogP contribution in [-0.4, -0.2) is 29.6 Å². The second-order valence-corrected chi connectivity index (χ2v) is 5.70. The molecule has 1 aromatic rings. The molecule has 2 rings (SSSR count). The highest BCUT2D eigenvalue weighted by Gasteiger charge is 2.23. The van der Waals surface area contributed by atoms with Crippen molar-refractivity contribution in [1.29, 1.82) is 0 Å². The van der Waals surface area contributed by atoms with Gasteiger partial charge in [-0.2, -0.15) is 0 Å². The molecule has 0 radical (unpaired) electrons. The van der Waals surface area contributed by atoms with Crippen LogP contribution in [0, 0.1) is 5.92 Å². The highest BCUT2D eigenvalue weighted by atomic mass is 15.2. The summed E-state index contributed by atoms with van der Waals surface area (Å²) in [4.78, 5) is 11.3.